The highest BCUT2D eigenvalue weighted by atomic mass is 16.5. The minimum absolute atomic E-state index is 0.0994. The molecule has 1 aliphatic carbocycles. The lowest BCUT2D eigenvalue weighted by molar-refractivity contribution is -0.145. The number of carbonyl (C=O) groups is 1. The molecule has 19 heavy (non-hydrogen) atoms. The number of rotatable bonds is 4. The van der Waals surface area contributed by atoms with Gasteiger partial charge < -0.3 is 9.84 Å². The lowest BCUT2D eigenvalue weighted by Crippen LogP contribution is -2.37. The maximum absolute atomic E-state index is 11.8. The minimum Gasteiger partial charge on any atom is -0.491 e. The van der Waals surface area contributed by atoms with Crippen molar-refractivity contribution in [3.8, 4) is 5.75 Å². The van der Waals surface area contributed by atoms with Crippen molar-refractivity contribution in [1.82, 2.24) is 0 Å². The predicted molar refractivity (Wildman–Crippen MR) is 74.6 cm³/mol. The van der Waals surface area contributed by atoms with Gasteiger partial charge in [-0.2, -0.15) is 0 Å². The van der Waals surface area contributed by atoms with Crippen molar-refractivity contribution in [2.75, 3.05) is 0 Å². The number of ether oxygens (including phenoxy) is 1. The van der Waals surface area contributed by atoms with Crippen molar-refractivity contribution in [2.24, 2.45) is 0 Å². The molecule has 0 amide bonds. The van der Waals surface area contributed by atoms with E-state index in [1.807, 2.05) is 38.1 Å². The summed E-state index contributed by atoms with van der Waals surface area (Å²) in [4.78, 5) is 11.8. The first kappa shape index (κ1) is 13.9. The standard InChI is InChI=1S/C16H22O3/c1-12(2)19-14-8-6-7-13(11-14)16(15(17)18)9-4-3-5-10-16/h6-8,11-12H,3-5,9-10H2,1-2H3,(H,17,18). The van der Waals surface area contributed by atoms with Gasteiger partial charge in [-0.25, -0.2) is 0 Å². The number of benzene rings is 1. The largest absolute Gasteiger partial charge is 0.491 e. The fraction of sp³-hybridized carbons (Fsp3) is 0.562. The molecule has 0 aliphatic heterocycles. The molecule has 1 saturated carbocycles. The van der Waals surface area contributed by atoms with E-state index in [2.05, 4.69) is 0 Å². The molecule has 0 bridgehead atoms. The Balaban J connectivity index is 2.34. The Kier molecular flexibility index (Phi) is 4.13. The summed E-state index contributed by atoms with van der Waals surface area (Å²) >= 11 is 0. The highest BCUT2D eigenvalue weighted by Crippen LogP contribution is 2.40. The summed E-state index contributed by atoms with van der Waals surface area (Å²) in [5, 5.41) is 9.67. The van der Waals surface area contributed by atoms with Crippen molar-refractivity contribution >= 4 is 5.97 Å². The summed E-state index contributed by atoms with van der Waals surface area (Å²) in [7, 11) is 0. The Morgan fingerprint density at radius 3 is 2.53 bits per heavy atom. The third-order valence-corrected chi connectivity index (χ3v) is 3.87. The second kappa shape index (κ2) is 5.64. The number of carboxylic acid groups (broad SMARTS) is 1. The van der Waals surface area contributed by atoms with Gasteiger partial charge in [0.05, 0.1) is 11.5 Å². The van der Waals surface area contributed by atoms with Crippen LogP contribution < -0.4 is 4.74 Å². The van der Waals surface area contributed by atoms with E-state index >= 15 is 0 Å². The van der Waals surface area contributed by atoms with Gasteiger partial charge in [0, 0.05) is 0 Å². The molecule has 1 aliphatic rings. The molecular weight excluding hydrogens is 240 g/mol. The van der Waals surface area contributed by atoms with Gasteiger partial charge in [-0.15, -0.1) is 0 Å². The van der Waals surface area contributed by atoms with Crippen molar-refractivity contribution < 1.29 is 14.6 Å². The SMILES string of the molecule is CC(C)Oc1cccc(C2(C(=O)O)CCCCC2)c1. The summed E-state index contributed by atoms with van der Waals surface area (Å²) in [6, 6.07) is 7.61. The average Bonchev–Trinajstić information content (AvgIpc) is 2.39. The summed E-state index contributed by atoms with van der Waals surface area (Å²) in [5.41, 5.74) is 0.173. The first-order valence-electron chi connectivity index (χ1n) is 7.05. The molecule has 3 heteroatoms. The van der Waals surface area contributed by atoms with Crippen molar-refractivity contribution in [3.05, 3.63) is 29.8 Å². The predicted octanol–water partition coefficient (Wildman–Crippen LogP) is 3.76. The quantitative estimate of drug-likeness (QED) is 0.898. The number of carboxylic acids is 1. The summed E-state index contributed by atoms with van der Waals surface area (Å²) in [6.45, 7) is 3.94. The minimum atomic E-state index is -0.714. The van der Waals surface area contributed by atoms with Gasteiger partial charge in [0.25, 0.3) is 0 Å². The molecular formula is C16H22O3. The molecule has 0 spiro atoms. The van der Waals surface area contributed by atoms with Gasteiger partial charge in [-0.05, 0) is 44.4 Å². The fourth-order valence-corrected chi connectivity index (χ4v) is 2.92. The van der Waals surface area contributed by atoms with Gasteiger partial charge in [-0.3, -0.25) is 4.79 Å². The molecule has 3 nitrogen and oxygen atoms in total. The van der Waals surface area contributed by atoms with Gasteiger partial charge in [0.1, 0.15) is 5.75 Å². The van der Waals surface area contributed by atoms with Crippen LogP contribution >= 0.6 is 0 Å². The molecule has 104 valence electrons. The van der Waals surface area contributed by atoms with Gasteiger partial charge >= 0.3 is 5.97 Å². The Morgan fingerprint density at radius 1 is 1.26 bits per heavy atom. The van der Waals surface area contributed by atoms with Crippen LogP contribution in [0.2, 0.25) is 0 Å². The van der Waals surface area contributed by atoms with Crippen molar-refractivity contribution in [1.29, 1.82) is 0 Å². The number of hydrogen-bond donors (Lipinski definition) is 1. The third kappa shape index (κ3) is 2.91. The second-order valence-corrected chi connectivity index (χ2v) is 5.64. The Morgan fingerprint density at radius 2 is 1.95 bits per heavy atom. The molecule has 0 aromatic heterocycles. The molecule has 0 heterocycles. The van der Waals surface area contributed by atoms with Crippen LogP contribution in [0, 0.1) is 0 Å². The molecule has 1 aromatic rings. The van der Waals surface area contributed by atoms with Crippen LogP contribution in [0.4, 0.5) is 0 Å². The Labute approximate surface area is 114 Å². The third-order valence-electron chi connectivity index (χ3n) is 3.87. The fourth-order valence-electron chi connectivity index (χ4n) is 2.92. The highest BCUT2D eigenvalue weighted by Gasteiger charge is 2.41. The molecule has 1 N–H and O–H groups in total. The summed E-state index contributed by atoms with van der Waals surface area (Å²) in [6.07, 6.45) is 4.67. The molecule has 1 aromatic carbocycles. The van der Waals surface area contributed by atoms with Crippen LogP contribution in [0.15, 0.2) is 24.3 Å². The first-order valence-corrected chi connectivity index (χ1v) is 7.05. The van der Waals surface area contributed by atoms with Gasteiger partial charge in [0.15, 0.2) is 0 Å². The average molecular weight is 262 g/mol. The second-order valence-electron chi connectivity index (χ2n) is 5.64. The first-order chi connectivity index (χ1) is 9.04. The summed E-state index contributed by atoms with van der Waals surface area (Å²) < 4.78 is 5.68. The van der Waals surface area contributed by atoms with Crippen LogP contribution in [-0.2, 0) is 10.2 Å². The van der Waals surface area contributed by atoms with Crippen LogP contribution in [-0.4, -0.2) is 17.2 Å². The van der Waals surface area contributed by atoms with E-state index < -0.39 is 11.4 Å². The lowest BCUT2D eigenvalue weighted by atomic mass is 9.69. The van der Waals surface area contributed by atoms with E-state index in [-0.39, 0.29) is 6.10 Å². The zero-order valence-electron chi connectivity index (χ0n) is 11.7. The lowest BCUT2D eigenvalue weighted by Gasteiger charge is -2.33. The zero-order valence-corrected chi connectivity index (χ0v) is 11.7. The van der Waals surface area contributed by atoms with Crippen LogP contribution in [0.5, 0.6) is 5.75 Å². The van der Waals surface area contributed by atoms with E-state index in [1.54, 1.807) is 0 Å². The number of hydrogen-bond acceptors (Lipinski definition) is 2. The molecule has 0 radical (unpaired) electrons. The summed E-state index contributed by atoms with van der Waals surface area (Å²) in [5.74, 6) is 0.0626. The molecule has 0 saturated heterocycles. The van der Waals surface area contributed by atoms with E-state index in [0.29, 0.717) is 0 Å². The Bertz CT molecular complexity index is 445. The molecule has 1 fully saturated rings. The van der Waals surface area contributed by atoms with Crippen LogP contribution in [0.3, 0.4) is 0 Å². The smallest absolute Gasteiger partial charge is 0.314 e. The molecule has 2 rings (SSSR count). The van der Waals surface area contributed by atoms with Crippen LogP contribution in [0.25, 0.3) is 0 Å². The van der Waals surface area contributed by atoms with Gasteiger partial charge in [-0.1, -0.05) is 31.4 Å². The van der Waals surface area contributed by atoms with Gasteiger partial charge in [0.2, 0.25) is 0 Å². The topological polar surface area (TPSA) is 46.5 Å². The molecule has 0 unspecified atom stereocenters. The maximum atomic E-state index is 11.8. The number of aliphatic carboxylic acids is 1. The Hall–Kier alpha value is -1.51. The maximum Gasteiger partial charge on any atom is 0.314 e. The highest BCUT2D eigenvalue weighted by molar-refractivity contribution is 5.81. The van der Waals surface area contributed by atoms with Crippen molar-refractivity contribution in [2.45, 2.75) is 57.5 Å². The van der Waals surface area contributed by atoms with E-state index in [0.717, 1.165) is 43.4 Å². The molecule has 0 atom stereocenters. The van der Waals surface area contributed by atoms with Crippen molar-refractivity contribution in [3.63, 3.8) is 0 Å². The van der Waals surface area contributed by atoms with E-state index in [9.17, 15) is 9.90 Å². The van der Waals surface area contributed by atoms with E-state index in [1.165, 1.54) is 0 Å². The van der Waals surface area contributed by atoms with Crippen LogP contribution in [0.1, 0.15) is 51.5 Å². The normalized spacial score (nSPS) is 18.3. The van der Waals surface area contributed by atoms with E-state index in [4.69, 9.17) is 4.74 Å². The monoisotopic (exact) mass is 262 g/mol. The zero-order chi connectivity index (χ0) is 13.9.